The fourth-order valence-corrected chi connectivity index (χ4v) is 1.37. The summed E-state index contributed by atoms with van der Waals surface area (Å²) in [7, 11) is 0. The number of hydrogen-bond acceptors (Lipinski definition) is 1. The molecule has 0 unspecified atom stereocenters. The summed E-state index contributed by atoms with van der Waals surface area (Å²) in [6.45, 7) is 0. The van der Waals surface area contributed by atoms with Gasteiger partial charge in [0, 0.05) is 12.0 Å². The van der Waals surface area contributed by atoms with E-state index in [1.54, 1.807) is 6.08 Å². The molecule has 15 heavy (non-hydrogen) atoms. The van der Waals surface area contributed by atoms with Crippen molar-refractivity contribution in [2.75, 3.05) is 0 Å². The average Bonchev–Trinajstić information content (AvgIpc) is 2.80. The van der Waals surface area contributed by atoms with Crippen molar-refractivity contribution in [1.29, 1.82) is 0 Å². The van der Waals surface area contributed by atoms with Crippen LogP contribution in [-0.4, -0.2) is 5.78 Å². The lowest BCUT2D eigenvalue weighted by Gasteiger charge is -1.94. The maximum absolute atomic E-state index is 11.7. The van der Waals surface area contributed by atoms with Gasteiger partial charge in [0.2, 0.25) is 0 Å². The van der Waals surface area contributed by atoms with E-state index in [0.717, 1.165) is 11.1 Å². The molecule has 0 aromatic heterocycles. The van der Waals surface area contributed by atoms with E-state index in [2.05, 4.69) is 0 Å². The van der Waals surface area contributed by atoms with Crippen LogP contribution in [0.25, 0.3) is 0 Å². The first kappa shape index (κ1) is 9.66. The molecule has 0 N–H and O–H groups in total. The van der Waals surface area contributed by atoms with Gasteiger partial charge in [0.25, 0.3) is 0 Å². The quantitative estimate of drug-likeness (QED) is 0.535. The summed E-state index contributed by atoms with van der Waals surface area (Å²) in [5.41, 5.74) is 1.78. The monoisotopic (exact) mass is 195 g/mol. The molecule has 0 fully saturated rings. The Morgan fingerprint density at radius 2 is 1.87 bits per heavy atom. The SMILES string of the molecule is O=C(/C=C/C1=CC=C[CH]1)c1ccccc1. The first-order valence-electron chi connectivity index (χ1n) is 4.85. The van der Waals surface area contributed by atoms with Gasteiger partial charge in [-0.2, -0.15) is 0 Å². The number of rotatable bonds is 3. The van der Waals surface area contributed by atoms with Gasteiger partial charge in [-0.25, -0.2) is 0 Å². The van der Waals surface area contributed by atoms with Crippen LogP contribution < -0.4 is 0 Å². The minimum atomic E-state index is 0.0387. The van der Waals surface area contributed by atoms with Crippen LogP contribution in [0.2, 0.25) is 0 Å². The fraction of sp³-hybridized carbons (Fsp3) is 0. The van der Waals surface area contributed by atoms with Crippen LogP contribution in [0.5, 0.6) is 0 Å². The lowest BCUT2D eigenvalue weighted by Crippen LogP contribution is -1.93. The van der Waals surface area contributed by atoms with Crippen LogP contribution >= 0.6 is 0 Å². The summed E-state index contributed by atoms with van der Waals surface area (Å²) < 4.78 is 0. The highest BCUT2D eigenvalue weighted by Gasteiger charge is 2.00. The lowest BCUT2D eigenvalue weighted by atomic mass is 10.1. The van der Waals surface area contributed by atoms with Gasteiger partial charge in [-0.1, -0.05) is 54.6 Å². The molecule has 2 rings (SSSR count). The van der Waals surface area contributed by atoms with Gasteiger partial charge in [0.05, 0.1) is 0 Å². The molecule has 0 heterocycles. The molecule has 0 bridgehead atoms. The van der Waals surface area contributed by atoms with E-state index in [9.17, 15) is 4.79 Å². The minimum Gasteiger partial charge on any atom is -0.289 e. The molecule has 1 heteroatoms. The van der Waals surface area contributed by atoms with E-state index in [-0.39, 0.29) is 5.78 Å². The van der Waals surface area contributed by atoms with Crippen LogP contribution in [0.1, 0.15) is 10.4 Å². The maximum atomic E-state index is 11.7. The highest BCUT2D eigenvalue weighted by molar-refractivity contribution is 6.04. The normalized spacial score (nSPS) is 14.5. The molecule has 1 aromatic rings. The van der Waals surface area contributed by atoms with Crippen molar-refractivity contribution in [3.8, 4) is 0 Å². The Morgan fingerprint density at radius 1 is 1.07 bits per heavy atom. The van der Waals surface area contributed by atoms with Gasteiger partial charge in [0.15, 0.2) is 5.78 Å². The van der Waals surface area contributed by atoms with Gasteiger partial charge in [-0.3, -0.25) is 4.79 Å². The Kier molecular flexibility index (Phi) is 2.93. The van der Waals surface area contributed by atoms with Crippen molar-refractivity contribution in [3.63, 3.8) is 0 Å². The predicted molar refractivity (Wildman–Crippen MR) is 61.4 cm³/mol. The second-order valence-electron chi connectivity index (χ2n) is 3.28. The van der Waals surface area contributed by atoms with Crippen LogP contribution in [0.3, 0.4) is 0 Å². The largest absolute Gasteiger partial charge is 0.289 e. The first-order valence-corrected chi connectivity index (χ1v) is 4.85. The number of carbonyl (C=O) groups is 1. The number of benzene rings is 1. The van der Waals surface area contributed by atoms with Gasteiger partial charge in [-0.05, 0) is 11.6 Å². The van der Waals surface area contributed by atoms with Crippen molar-refractivity contribution in [2.24, 2.45) is 0 Å². The van der Waals surface area contributed by atoms with Gasteiger partial charge in [-0.15, -0.1) is 0 Å². The lowest BCUT2D eigenvalue weighted by molar-refractivity contribution is 0.104. The first-order chi connectivity index (χ1) is 7.36. The van der Waals surface area contributed by atoms with E-state index in [4.69, 9.17) is 0 Å². The van der Waals surface area contributed by atoms with Crippen LogP contribution in [-0.2, 0) is 0 Å². The van der Waals surface area contributed by atoms with Gasteiger partial charge in [0.1, 0.15) is 0 Å². The Hall–Kier alpha value is -1.89. The van der Waals surface area contributed by atoms with Crippen molar-refractivity contribution in [2.45, 2.75) is 0 Å². The highest BCUT2D eigenvalue weighted by atomic mass is 16.1. The smallest absolute Gasteiger partial charge is 0.185 e. The summed E-state index contributed by atoms with van der Waals surface area (Å²) in [6, 6.07) is 9.26. The van der Waals surface area contributed by atoms with E-state index >= 15 is 0 Å². The van der Waals surface area contributed by atoms with Crippen molar-refractivity contribution >= 4 is 5.78 Å². The van der Waals surface area contributed by atoms with E-state index in [1.165, 1.54) is 0 Å². The molecular formula is C14H11O. The van der Waals surface area contributed by atoms with E-state index < -0.39 is 0 Å². The Bertz CT molecular complexity index is 436. The van der Waals surface area contributed by atoms with E-state index in [0.29, 0.717) is 0 Å². The molecule has 1 radical (unpaired) electrons. The molecule has 0 aliphatic heterocycles. The Labute approximate surface area is 89.4 Å². The standard InChI is InChI=1S/C14H11O/c15-14(13-8-2-1-3-9-13)11-10-12-6-4-5-7-12/h1-11H/b11-10+. The number of carbonyl (C=O) groups excluding carboxylic acids is 1. The fourth-order valence-electron chi connectivity index (χ4n) is 1.37. The van der Waals surface area contributed by atoms with Crippen molar-refractivity contribution < 1.29 is 4.79 Å². The Balaban J connectivity index is 2.04. The van der Waals surface area contributed by atoms with Crippen LogP contribution in [0, 0.1) is 6.42 Å². The van der Waals surface area contributed by atoms with Crippen molar-refractivity contribution in [1.82, 2.24) is 0 Å². The molecular weight excluding hydrogens is 184 g/mol. The number of hydrogen-bond donors (Lipinski definition) is 0. The molecule has 1 nitrogen and oxygen atoms in total. The third-order valence-electron chi connectivity index (χ3n) is 2.17. The molecule has 0 saturated carbocycles. The second kappa shape index (κ2) is 4.56. The predicted octanol–water partition coefficient (Wildman–Crippen LogP) is 3.13. The third-order valence-corrected chi connectivity index (χ3v) is 2.17. The molecule has 1 aromatic carbocycles. The minimum absolute atomic E-state index is 0.0387. The zero-order valence-electron chi connectivity index (χ0n) is 8.26. The summed E-state index contributed by atoms with van der Waals surface area (Å²) in [5, 5.41) is 0. The van der Waals surface area contributed by atoms with Gasteiger partial charge < -0.3 is 0 Å². The maximum Gasteiger partial charge on any atom is 0.185 e. The zero-order chi connectivity index (χ0) is 10.5. The van der Waals surface area contributed by atoms with E-state index in [1.807, 2.05) is 61.1 Å². The molecule has 0 amide bonds. The molecule has 1 aliphatic carbocycles. The zero-order valence-corrected chi connectivity index (χ0v) is 8.26. The van der Waals surface area contributed by atoms with Crippen molar-refractivity contribution in [3.05, 3.63) is 78.3 Å². The Morgan fingerprint density at radius 3 is 2.53 bits per heavy atom. The molecule has 0 spiro atoms. The molecule has 73 valence electrons. The summed E-state index contributed by atoms with van der Waals surface area (Å²) in [4.78, 5) is 11.7. The molecule has 0 atom stereocenters. The molecule has 0 saturated heterocycles. The number of ketones is 1. The van der Waals surface area contributed by atoms with Crippen LogP contribution in [0.15, 0.2) is 66.3 Å². The third kappa shape index (κ3) is 2.53. The second-order valence-corrected chi connectivity index (χ2v) is 3.28. The summed E-state index contributed by atoms with van der Waals surface area (Å²) >= 11 is 0. The topological polar surface area (TPSA) is 17.1 Å². The highest BCUT2D eigenvalue weighted by Crippen LogP contribution is 2.11. The average molecular weight is 195 g/mol. The molecule has 1 aliphatic rings. The number of allylic oxidation sites excluding steroid dienone is 6. The van der Waals surface area contributed by atoms with Crippen LogP contribution in [0.4, 0.5) is 0 Å². The summed E-state index contributed by atoms with van der Waals surface area (Å²) in [6.07, 6.45) is 11.3. The van der Waals surface area contributed by atoms with Gasteiger partial charge >= 0.3 is 0 Å². The summed E-state index contributed by atoms with van der Waals surface area (Å²) in [5.74, 6) is 0.0387.